The van der Waals surface area contributed by atoms with Gasteiger partial charge in [0.15, 0.2) is 0 Å². The van der Waals surface area contributed by atoms with Gasteiger partial charge in [-0.15, -0.1) is 6.58 Å². The Morgan fingerprint density at radius 1 is 1.69 bits per heavy atom. The van der Waals surface area contributed by atoms with E-state index in [1.165, 1.54) is 6.33 Å². The first kappa shape index (κ1) is 10.5. The standard InChI is InChI=1S/C8H9BrClN3/c1-3-5(2)13-8-6(9)7(10)11-4-12-8/h3-5H,1H2,2H3,(H,11,12,13). The topological polar surface area (TPSA) is 37.8 Å². The highest BCUT2D eigenvalue weighted by atomic mass is 79.9. The summed E-state index contributed by atoms with van der Waals surface area (Å²) in [6, 6.07) is 0.141. The normalized spacial score (nSPS) is 12.2. The summed E-state index contributed by atoms with van der Waals surface area (Å²) in [5, 5.41) is 3.50. The summed E-state index contributed by atoms with van der Waals surface area (Å²) in [6.07, 6.45) is 3.19. The molecule has 0 bridgehead atoms. The van der Waals surface area contributed by atoms with Gasteiger partial charge < -0.3 is 5.32 Å². The number of nitrogens with one attached hydrogen (secondary N) is 1. The van der Waals surface area contributed by atoms with Gasteiger partial charge >= 0.3 is 0 Å². The van der Waals surface area contributed by atoms with Crippen LogP contribution in [0.25, 0.3) is 0 Å². The van der Waals surface area contributed by atoms with Crippen LogP contribution in [0.2, 0.25) is 5.15 Å². The summed E-state index contributed by atoms with van der Waals surface area (Å²) in [6.45, 7) is 5.62. The fraction of sp³-hybridized carbons (Fsp3) is 0.250. The molecule has 0 amide bonds. The zero-order valence-corrected chi connectivity index (χ0v) is 9.43. The van der Waals surface area contributed by atoms with E-state index in [4.69, 9.17) is 11.6 Å². The third-order valence-corrected chi connectivity index (χ3v) is 2.73. The lowest BCUT2D eigenvalue weighted by molar-refractivity contribution is 0.972. The summed E-state index contributed by atoms with van der Waals surface area (Å²) in [5.41, 5.74) is 0. The molecule has 70 valence electrons. The van der Waals surface area contributed by atoms with Crippen molar-refractivity contribution in [2.24, 2.45) is 0 Å². The molecule has 13 heavy (non-hydrogen) atoms. The van der Waals surface area contributed by atoms with Crippen LogP contribution in [-0.4, -0.2) is 16.0 Å². The predicted octanol–water partition coefficient (Wildman–Crippen LogP) is 2.88. The highest BCUT2D eigenvalue weighted by Gasteiger charge is 2.07. The highest BCUT2D eigenvalue weighted by Crippen LogP contribution is 2.26. The van der Waals surface area contributed by atoms with E-state index < -0.39 is 0 Å². The summed E-state index contributed by atoms with van der Waals surface area (Å²) in [7, 11) is 0. The SMILES string of the molecule is C=CC(C)Nc1ncnc(Cl)c1Br. The van der Waals surface area contributed by atoms with Crippen molar-refractivity contribution < 1.29 is 0 Å². The minimum absolute atomic E-state index is 0.141. The quantitative estimate of drug-likeness (QED) is 0.672. The maximum Gasteiger partial charge on any atom is 0.148 e. The maximum atomic E-state index is 5.78. The fourth-order valence-electron chi connectivity index (χ4n) is 0.724. The second-order valence-electron chi connectivity index (χ2n) is 2.50. The Labute approximate surface area is 90.4 Å². The smallest absolute Gasteiger partial charge is 0.148 e. The van der Waals surface area contributed by atoms with Crippen molar-refractivity contribution in [1.29, 1.82) is 0 Å². The van der Waals surface area contributed by atoms with Gasteiger partial charge in [-0.3, -0.25) is 0 Å². The van der Waals surface area contributed by atoms with Crippen LogP contribution in [0.3, 0.4) is 0 Å². The molecule has 0 saturated carbocycles. The molecule has 1 unspecified atom stereocenters. The van der Waals surface area contributed by atoms with Crippen molar-refractivity contribution in [2.45, 2.75) is 13.0 Å². The van der Waals surface area contributed by atoms with Crippen LogP contribution in [0.5, 0.6) is 0 Å². The second-order valence-corrected chi connectivity index (χ2v) is 3.65. The van der Waals surface area contributed by atoms with Crippen LogP contribution < -0.4 is 5.32 Å². The molecule has 1 heterocycles. The van der Waals surface area contributed by atoms with E-state index in [9.17, 15) is 0 Å². The van der Waals surface area contributed by atoms with Crippen molar-refractivity contribution in [3.8, 4) is 0 Å². The molecule has 0 fully saturated rings. The van der Waals surface area contributed by atoms with Gasteiger partial charge in [0.05, 0.1) is 4.47 Å². The van der Waals surface area contributed by atoms with Gasteiger partial charge in [0.1, 0.15) is 17.3 Å². The zero-order chi connectivity index (χ0) is 9.84. The average molecular weight is 263 g/mol. The Bertz CT molecular complexity index is 316. The molecular formula is C8H9BrClN3. The van der Waals surface area contributed by atoms with Gasteiger partial charge in [-0.25, -0.2) is 9.97 Å². The number of aromatic nitrogens is 2. The van der Waals surface area contributed by atoms with E-state index in [2.05, 4.69) is 37.8 Å². The van der Waals surface area contributed by atoms with Crippen LogP contribution in [0.1, 0.15) is 6.92 Å². The monoisotopic (exact) mass is 261 g/mol. The number of hydrogen-bond acceptors (Lipinski definition) is 3. The third kappa shape index (κ3) is 2.67. The van der Waals surface area contributed by atoms with E-state index in [0.717, 1.165) is 0 Å². The highest BCUT2D eigenvalue weighted by molar-refractivity contribution is 9.10. The van der Waals surface area contributed by atoms with Crippen molar-refractivity contribution in [1.82, 2.24) is 9.97 Å². The van der Waals surface area contributed by atoms with Crippen molar-refractivity contribution in [3.63, 3.8) is 0 Å². The Kier molecular flexibility index (Phi) is 3.69. The number of halogens is 2. The third-order valence-electron chi connectivity index (χ3n) is 1.46. The molecule has 0 radical (unpaired) electrons. The molecule has 0 aromatic carbocycles. The van der Waals surface area contributed by atoms with Gasteiger partial charge in [0.2, 0.25) is 0 Å². The van der Waals surface area contributed by atoms with Gasteiger partial charge in [0.25, 0.3) is 0 Å². The first-order valence-electron chi connectivity index (χ1n) is 3.70. The minimum atomic E-state index is 0.141. The maximum absolute atomic E-state index is 5.78. The molecule has 1 aromatic rings. The van der Waals surface area contributed by atoms with E-state index >= 15 is 0 Å². The molecular weight excluding hydrogens is 253 g/mol. The Balaban J connectivity index is 2.88. The molecule has 0 spiro atoms. The summed E-state index contributed by atoms with van der Waals surface area (Å²) in [5.74, 6) is 0.674. The van der Waals surface area contributed by atoms with Crippen molar-refractivity contribution >= 4 is 33.3 Å². The molecule has 1 rings (SSSR count). The molecule has 1 aromatic heterocycles. The number of rotatable bonds is 3. The molecule has 0 saturated heterocycles. The average Bonchev–Trinajstić information content (AvgIpc) is 2.13. The van der Waals surface area contributed by atoms with Gasteiger partial charge in [-0.1, -0.05) is 17.7 Å². The van der Waals surface area contributed by atoms with E-state index in [1.54, 1.807) is 6.08 Å². The lowest BCUT2D eigenvalue weighted by atomic mass is 10.3. The van der Waals surface area contributed by atoms with Gasteiger partial charge in [0, 0.05) is 6.04 Å². The first-order chi connectivity index (χ1) is 6.15. The number of anilines is 1. The number of nitrogens with zero attached hydrogens (tertiary/aromatic N) is 2. The molecule has 1 N–H and O–H groups in total. The van der Waals surface area contributed by atoms with Crippen LogP contribution in [0.4, 0.5) is 5.82 Å². The second kappa shape index (κ2) is 4.58. The Morgan fingerprint density at radius 3 is 3.00 bits per heavy atom. The first-order valence-corrected chi connectivity index (χ1v) is 4.87. The fourth-order valence-corrected chi connectivity index (χ4v) is 1.18. The van der Waals surface area contributed by atoms with E-state index in [1.807, 2.05) is 6.92 Å². The van der Waals surface area contributed by atoms with Gasteiger partial charge in [-0.05, 0) is 22.9 Å². The summed E-state index contributed by atoms with van der Waals surface area (Å²) >= 11 is 9.06. The minimum Gasteiger partial charge on any atom is -0.363 e. The molecule has 0 aliphatic heterocycles. The van der Waals surface area contributed by atoms with Crippen LogP contribution in [-0.2, 0) is 0 Å². The summed E-state index contributed by atoms with van der Waals surface area (Å²) in [4.78, 5) is 7.84. The lowest BCUT2D eigenvalue weighted by Crippen LogP contribution is -2.13. The van der Waals surface area contributed by atoms with Crippen LogP contribution in [0.15, 0.2) is 23.5 Å². The zero-order valence-electron chi connectivity index (χ0n) is 7.09. The largest absolute Gasteiger partial charge is 0.363 e. The molecule has 0 aliphatic rings. The predicted molar refractivity (Wildman–Crippen MR) is 58.0 cm³/mol. The summed E-state index contributed by atoms with van der Waals surface area (Å²) < 4.78 is 0.672. The van der Waals surface area contributed by atoms with Crippen molar-refractivity contribution in [2.75, 3.05) is 5.32 Å². The Morgan fingerprint density at radius 2 is 2.38 bits per heavy atom. The van der Waals surface area contributed by atoms with E-state index in [-0.39, 0.29) is 6.04 Å². The van der Waals surface area contributed by atoms with E-state index in [0.29, 0.717) is 15.4 Å². The molecule has 5 heteroatoms. The van der Waals surface area contributed by atoms with Crippen LogP contribution in [0, 0.1) is 0 Å². The molecule has 1 atom stereocenters. The molecule has 0 aliphatic carbocycles. The number of hydrogen-bond donors (Lipinski definition) is 1. The van der Waals surface area contributed by atoms with Crippen LogP contribution >= 0.6 is 27.5 Å². The van der Waals surface area contributed by atoms with Crippen molar-refractivity contribution in [3.05, 3.63) is 28.6 Å². The molecule has 3 nitrogen and oxygen atoms in total. The lowest BCUT2D eigenvalue weighted by Gasteiger charge is -2.10. The van der Waals surface area contributed by atoms with Gasteiger partial charge in [-0.2, -0.15) is 0 Å². The Hall–Kier alpha value is -0.610.